The molecule has 0 atom stereocenters. The lowest BCUT2D eigenvalue weighted by atomic mass is 10.2. The number of aromatic nitrogens is 2. The van der Waals surface area contributed by atoms with Crippen molar-refractivity contribution in [3.8, 4) is 5.75 Å². The second kappa shape index (κ2) is 8.14. The monoisotopic (exact) mass is 356 g/mol. The first-order chi connectivity index (χ1) is 12.5. The van der Waals surface area contributed by atoms with Gasteiger partial charge < -0.3 is 19.7 Å². The number of benzene rings is 1. The Kier molecular flexibility index (Phi) is 5.68. The normalized spacial score (nSPS) is 14.4. The number of morpholine rings is 1. The zero-order valence-electron chi connectivity index (χ0n) is 15.4. The quantitative estimate of drug-likeness (QED) is 0.888. The van der Waals surface area contributed by atoms with Crippen LogP contribution in [0.5, 0.6) is 5.75 Å². The average molecular weight is 356 g/mol. The first-order valence-corrected chi connectivity index (χ1v) is 8.78. The minimum Gasteiger partial charge on any atom is -0.491 e. The first-order valence-electron chi connectivity index (χ1n) is 8.78. The van der Waals surface area contributed by atoms with E-state index in [-0.39, 0.29) is 12.0 Å². The molecule has 0 bridgehead atoms. The van der Waals surface area contributed by atoms with Crippen LogP contribution >= 0.6 is 0 Å². The summed E-state index contributed by atoms with van der Waals surface area (Å²) in [7, 11) is 0. The molecule has 0 spiro atoms. The predicted molar refractivity (Wildman–Crippen MR) is 100.0 cm³/mol. The third-order valence-electron chi connectivity index (χ3n) is 3.88. The molecule has 1 aromatic carbocycles. The summed E-state index contributed by atoms with van der Waals surface area (Å²) in [6.45, 7) is 8.57. The molecule has 1 amide bonds. The smallest absolute Gasteiger partial charge is 0.274 e. The number of hydrogen-bond donors (Lipinski definition) is 1. The highest BCUT2D eigenvalue weighted by Gasteiger charge is 2.17. The highest BCUT2D eigenvalue weighted by molar-refractivity contribution is 6.03. The Balaban J connectivity index is 1.72. The average Bonchev–Trinajstić information content (AvgIpc) is 2.63. The first kappa shape index (κ1) is 18.1. The van der Waals surface area contributed by atoms with Gasteiger partial charge in [0.25, 0.3) is 5.91 Å². The number of amides is 1. The number of hydrogen-bond acceptors (Lipinski definition) is 6. The zero-order chi connectivity index (χ0) is 18.5. The van der Waals surface area contributed by atoms with Crippen LogP contribution < -0.4 is 15.0 Å². The SMILES string of the molecule is Cc1nc(C(=O)Nc2ccc(OC(C)C)cc2)cc(N2CCOCC2)n1. The number of anilines is 2. The molecule has 1 aliphatic rings. The predicted octanol–water partition coefficient (Wildman–Crippen LogP) is 2.66. The summed E-state index contributed by atoms with van der Waals surface area (Å²) in [5.74, 6) is 1.83. The maximum Gasteiger partial charge on any atom is 0.274 e. The molecule has 0 radical (unpaired) electrons. The molecule has 2 heterocycles. The Hall–Kier alpha value is -2.67. The highest BCUT2D eigenvalue weighted by Crippen LogP contribution is 2.19. The molecular formula is C19H24N4O3. The summed E-state index contributed by atoms with van der Waals surface area (Å²) in [5.41, 5.74) is 1.04. The molecule has 1 aromatic heterocycles. The van der Waals surface area contributed by atoms with Crippen LogP contribution in [0.15, 0.2) is 30.3 Å². The van der Waals surface area contributed by atoms with Gasteiger partial charge in [0, 0.05) is 24.8 Å². The molecule has 1 fully saturated rings. The lowest BCUT2D eigenvalue weighted by Crippen LogP contribution is -2.37. The lowest BCUT2D eigenvalue weighted by Gasteiger charge is -2.28. The van der Waals surface area contributed by atoms with Gasteiger partial charge in [0.05, 0.1) is 19.3 Å². The molecule has 0 aliphatic carbocycles. The van der Waals surface area contributed by atoms with Crippen molar-refractivity contribution in [1.29, 1.82) is 0 Å². The van der Waals surface area contributed by atoms with Gasteiger partial charge in [0.2, 0.25) is 0 Å². The summed E-state index contributed by atoms with van der Waals surface area (Å²) < 4.78 is 11.0. The van der Waals surface area contributed by atoms with E-state index in [1.165, 1.54) is 0 Å². The van der Waals surface area contributed by atoms with Crippen LogP contribution in [-0.2, 0) is 4.74 Å². The molecule has 2 aromatic rings. The van der Waals surface area contributed by atoms with Crippen LogP contribution in [0.25, 0.3) is 0 Å². The van der Waals surface area contributed by atoms with Gasteiger partial charge in [-0.2, -0.15) is 0 Å². The third-order valence-corrected chi connectivity index (χ3v) is 3.88. The standard InChI is InChI=1S/C19H24N4O3/c1-13(2)26-16-6-4-15(5-7-16)22-19(24)17-12-18(21-14(3)20-17)23-8-10-25-11-9-23/h4-7,12-13H,8-11H2,1-3H3,(H,22,24). The molecule has 0 unspecified atom stereocenters. The van der Waals surface area contributed by atoms with E-state index in [2.05, 4.69) is 20.2 Å². The van der Waals surface area contributed by atoms with Gasteiger partial charge in [-0.15, -0.1) is 0 Å². The molecule has 1 aliphatic heterocycles. The molecular weight excluding hydrogens is 332 g/mol. The Morgan fingerprint density at radius 3 is 2.54 bits per heavy atom. The summed E-state index contributed by atoms with van der Waals surface area (Å²) in [5, 5.41) is 2.87. The van der Waals surface area contributed by atoms with Crippen molar-refractivity contribution >= 4 is 17.4 Å². The number of aryl methyl sites for hydroxylation is 1. The van der Waals surface area contributed by atoms with Crippen molar-refractivity contribution in [2.45, 2.75) is 26.9 Å². The number of nitrogens with one attached hydrogen (secondary N) is 1. The van der Waals surface area contributed by atoms with Crippen molar-refractivity contribution in [1.82, 2.24) is 9.97 Å². The number of rotatable bonds is 5. The van der Waals surface area contributed by atoms with Crippen LogP contribution in [0, 0.1) is 6.92 Å². The van der Waals surface area contributed by atoms with Crippen molar-refractivity contribution in [2.24, 2.45) is 0 Å². The van der Waals surface area contributed by atoms with Gasteiger partial charge in [-0.05, 0) is 45.0 Å². The molecule has 0 saturated carbocycles. The van der Waals surface area contributed by atoms with E-state index in [1.54, 1.807) is 13.0 Å². The number of carbonyl (C=O) groups excluding carboxylic acids is 1. The van der Waals surface area contributed by atoms with Crippen molar-refractivity contribution in [3.05, 3.63) is 41.9 Å². The zero-order valence-corrected chi connectivity index (χ0v) is 15.4. The Morgan fingerprint density at radius 1 is 1.19 bits per heavy atom. The number of nitrogens with zero attached hydrogens (tertiary/aromatic N) is 3. The van der Waals surface area contributed by atoms with E-state index in [1.807, 2.05) is 38.1 Å². The molecule has 7 heteroatoms. The molecule has 26 heavy (non-hydrogen) atoms. The topological polar surface area (TPSA) is 76.6 Å². The maximum absolute atomic E-state index is 12.6. The van der Waals surface area contributed by atoms with Gasteiger partial charge in [-0.3, -0.25) is 4.79 Å². The van der Waals surface area contributed by atoms with E-state index < -0.39 is 0 Å². The molecule has 3 rings (SSSR count). The van der Waals surface area contributed by atoms with Crippen molar-refractivity contribution in [2.75, 3.05) is 36.5 Å². The second-order valence-electron chi connectivity index (χ2n) is 6.40. The molecule has 1 saturated heterocycles. The Bertz CT molecular complexity index is 756. The molecule has 138 valence electrons. The Labute approximate surface area is 153 Å². The fourth-order valence-electron chi connectivity index (χ4n) is 2.71. The minimum atomic E-state index is -0.262. The fraction of sp³-hybridized carbons (Fsp3) is 0.421. The second-order valence-corrected chi connectivity index (χ2v) is 6.40. The number of carbonyl (C=O) groups is 1. The van der Waals surface area contributed by atoms with Gasteiger partial charge in [0.15, 0.2) is 0 Å². The minimum absolute atomic E-state index is 0.109. The van der Waals surface area contributed by atoms with Gasteiger partial charge >= 0.3 is 0 Å². The molecule has 7 nitrogen and oxygen atoms in total. The van der Waals surface area contributed by atoms with E-state index in [4.69, 9.17) is 9.47 Å². The van der Waals surface area contributed by atoms with Gasteiger partial charge in [0.1, 0.15) is 23.1 Å². The van der Waals surface area contributed by atoms with E-state index in [0.717, 1.165) is 24.7 Å². The summed E-state index contributed by atoms with van der Waals surface area (Å²) >= 11 is 0. The summed E-state index contributed by atoms with van der Waals surface area (Å²) in [6, 6.07) is 9.02. The van der Waals surface area contributed by atoms with E-state index in [9.17, 15) is 4.79 Å². The van der Waals surface area contributed by atoms with Crippen molar-refractivity contribution < 1.29 is 14.3 Å². The summed E-state index contributed by atoms with van der Waals surface area (Å²) in [4.78, 5) is 23.4. The van der Waals surface area contributed by atoms with E-state index in [0.29, 0.717) is 30.4 Å². The Morgan fingerprint density at radius 2 is 1.88 bits per heavy atom. The van der Waals surface area contributed by atoms with Crippen molar-refractivity contribution in [3.63, 3.8) is 0 Å². The van der Waals surface area contributed by atoms with Crippen LogP contribution in [0.1, 0.15) is 30.2 Å². The van der Waals surface area contributed by atoms with Crippen LogP contribution in [0.4, 0.5) is 11.5 Å². The van der Waals surface area contributed by atoms with Crippen LogP contribution in [-0.4, -0.2) is 48.3 Å². The fourth-order valence-corrected chi connectivity index (χ4v) is 2.71. The third kappa shape index (κ3) is 4.70. The summed E-state index contributed by atoms with van der Waals surface area (Å²) in [6.07, 6.45) is 0.109. The van der Waals surface area contributed by atoms with Gasteiger partial charge in [-0.25, -0.2) is 9.97 Å². The lowest BCUT2D eigenvalue weighted by molar-refractivity contribution is 0.102. The highest BCUT2D eigenvalue weighted by atomic mass is 16.5. The molecule has 1 N–H and O–H groups in total. The number of ether oxygens (including phenoxy) is 2. The largest absolute Gasteiger partial charge is 0.491 e. The maximum atomic E-state index is 12.6. The van der Waals surface area contributed by atoms with Crippen LogP contribution in [0.2, 0.25) is 0 Å². The van der Waals surface area contributed by atoms with Gasteiger partial charge in [-0.1, -0.05) is 0 Å². The van der Waals surface area contributed by atoms with Crippen LogP contribution in [0.3, 0.4) is 0 Å². The van der Waals surface area contributed by atoms with E-state index >= 15 is 0 Å².